The number of piperazine rings is 1. The highest BCUT2D eigenvalue weighted by atomic mass is 35.5. The lowest BCUT2D eigenvalue weighted by molar-refractivity contribution is -0.384. The minimum Gasteiger partial charge on any atom is -0.361 e. The zero-order valence-corrected chi connectivity index (χ0v) is 23.0. The molecule has 1 aromatic heterocycles. The second-order valence-corrected chi connectivity index (χ2v) is 11.4. The molecule has 2 atom stereocenters. The number of halogens is 1. The summed E-state index contributed by atoms with van der Waals surface area (Å²) >= 11 is 5.86. The number of aromatic amines is 1. The van der Waals surface area contributed by atoms with E-state index in [1.165, 1.54) is 4.90 Å². The quantitative estimate of drug-likeness (QED) is 0.276. The Morgan fingerprint density at radius 2 is 1.97 bits per heavy atom. The predicted molar refractivity (Wildman–Crippen MR) is 146 cm³/mol. The first-order chi connectivity index (χ1) is 18.5. The molecule has 3 N–H and O–H groups in total. The summed E-state index contributed by atoms with van der Waals surface area (Å²) in [6.45, 7) is 4.84. The van der Waals surface area contributed by atoms with Gasteiger partial charge in [-0.15, -0.1) is 0 Å². The van der Waals surface area contributed by atoms with Crippen LogP contribution in [0.4, 0.5) is 10.5 Å². The number of hydrogen-bond acceptors (Lipinski definition) is 6. The SMILES string of the molecule is CCNC(=O)N1CCN(C(=O)C(Cc2c[nH]c3ccccc23)NS(=O)(=O)c2ccc(Cl)c([N+](=O)[O-])c2)CC1C. The van der Waals surface area contributed by atoms with E-state index in [9.17, 15) is 28.1 Å². The summed E-state index contributed by atoms with van der Waals surface area (Å²) in [5, 5.41) is 14.7. The van der Waals surface area contributed by atoms with E-state index in [4.69, 9.17) is 11.6 Å². The fraction of sp³-hybridized carbons (Fsp3) is 0.360. The molecule has 4 rings (SSSR count). The number of carbonyl (C=O) groups is 2. The summed E-state index contributed by atoms with van der Waals surface area (Å²) in [5.74, 6) is -0.463. The number of fused-ring (bicyclic) bond motifs is 1. The lowest BCUT2D eigenvalue weighted by Gasteiger charge is -2.40. The molecule has 0 radical (unpaired) electrons. The Hall–Kier alpha value is -3.68. The van der Waals surface area contributed by atoms with Gasteiger partial charge < -0.3 is 20.1 Å². The van der Waals surface area contributed by atoms with Crippen molar-refractivity contribution in [3.63, 3.8) is 0 Å². The van der Waals surface area contributed by atoms with Crippen LogP contribution in [0.5, 0.6) is 0 Å². The summed E-state index contributed by atoms with van der Waals surface area (Å²) in [5.41, 5.74) is 0.996. The van der Waals surface area contributed by atoms with E-state index in [1.807, 2.05) is 38.1 Å². The third-order valence-electron chi connectivity index (χ3n) is 6.65. The van der Waals surface area contributed by atoms with Gasteiger partial charge in [0.15, 0.2) is 0 Å². The van der Waals surface area contributed by atoms with Crippen molar-refractivity contribution in [2.45, 2.75) is 37.2 Å². The van der Waals surface area contributed by atoms with Gasteiger partial charge in [0.25, 0.3) is 5.69 Å². The van der Waals surface area contributed by atoms with Crippen molar-refractivity contribution in [2.75, 3.05) is 26.2 Å². The van der Waals surface area contributed by atoms with Crippen molar-refractivity contribution in [1.82, 2.24) is 24.8 Å². The number of hydrogen-bond donors (Lipinski definition) is 3. The minimum atomic E-state index is -4.36. The molecule has 1 aliphatic rings. The van der Waals surface area contributed by atoms with Crippen molar-refractivity contribution >= 4 is 50.2 Å². The second kappa shape index (κ2) is 11.6. The molecule has 39 heavy (non-hydrogen) atoms. The van der Waals surface area contributed by atoms with E-state index in [-0.39, 0.29) is 48.0 Å². The van der Waals surface area contributed by atoms with Gasteiger partial charge in [-0.3, -0.25) is 14.9 Å². The molecule has 14 heteroatoms. The Kier molecular flexibility index (Phi) is 8.42. The van der Waals surface area contributed by atoms with E-state index in [0.29, 0.717) is 6.54 Å². The summed E-state index contributed by atoms with van der Waals surface area (Å²) in [6.07, 6.45) is 1.75. The molecule has 0 saturated carbocycles. The molecule has 12 nitrogen and oxygen atoms in total. The van der Waals surface area contributed by atoms with Crippen LogP contribution in [-0.4, -0.2) is 78.3 Å². The van der Waals surface area contributed by atoms with Gasteiger partial charge in [-0.1, -0.05) is 29.8 Å². The normalized spacial score (nSPS) is 16.7. The average molecular weight is 577 g/mol. The number of amides is 3. The van der Waals surface area contributed by atoms with Gasteiger partial charge in [0, 0.05) is 55.4 Å². The van der Waals surface area contributed by atoms with Crippen molar-refractivity contribution in [1.29, 1.82) is 0 Å². The highest BCUT2D eigenvalue weighted by molar-refractivity contribution is 7.89. The topological polar surface area (TPSA) is 158 Å². The van der Waals surface area contributed by atoms with Crippen LogP contribution >= 0.6 is 11.6 Å². The number of urea groups is 1. The number of benzene rings is 2. The molecule has 1 saturated heterocycles. The molecule has 3 aromatic rings. The molecule has 2 aromatic carbocycles. The molecule has 1 fully saturated rings. The fourth-order valence-electron chi connectivity index (χ4n) is 4.69. The number of nitro benzene ring substituents is 1. The lowest BCUT2D eigenvalue weighted by Crippen LogP contribution is -2.60. The first kappa shape index (κ1) is 28.3. The molecule has 2 unspecified atom stereocenters. The van der Waals surface area contributed by atoms with Crippen molar-refractivity contribution in [3.8, 4) is 0 Å². The number of nitrogens with zero attached hydrogens (tertiary/aromatic N) is 3. The lowest BCUT2D eigenvalue weighted by atomic mass is 10.0. The summed E-state index contributed by atoms with van der Waals surface area (Å²) in [7, 11) is -4.36. The monoisotopic (exact) mass is 576 g/mol. The molecule has 0 spiro atoms. The van der Waals surface area contributed by atoms with Gasteiger partial charge in [-0.2, -0.15) is 4.72 Å². The van der Waals surface area contributed by atoms with Crippen LogP contribution in [0.2, 0.25) is 5.02 Å². The zero-order chi connectivity index (χ0) is 28.3. The van der Waals surface area contributed by atoms with E-state index in [1.54, 1.807) is 11.1 Å². The van der Waals surface area contributed by atoms with Crippen LogP contribution in [0.1, 0.15) is 19.4 Å². The standard InChI is InChI=1S/C25H29ClN6O6S/c1-3-27-25(34)31-11-10-30(15-16(31)2)24(33)22(12-17-14-28-21-7-5-4-6-19(17)21)29-39(37,38)18-8-9-20(26)23(13-18)32(35)36/h4-9,13-14,16,22,28-29H,3,10-12,15H2,1-2H3,(H,27,34). The zero-order valence-electron chi connectivity index (χ0n) is 21.4. The first-order valence-corrected chi connectivity index (χ1v) is 14.2. The molecular formula is C25H29ClN6O6S. The Balaban J connectivity index is 1.63. The molecule has 0 bridgehead atoms. The van der Waals surface area contributed by atoms with E-state index < -0.39 is 32.6 Å². The van der Waals surface area contributed by atoms with Gasteiger partial charge in [0.05, 0.1) is 9.82 Å². The van der Waals surface area contributed by atoms with Crippen LogP contribution in [-0.2, 0) is 21.2 Å². The van der Waals surface area contributed by atoms with Gasteiger partial charge in [-0.05, 0) is 44.0 Å². The Morgan fingerprint density at radius 1 is 1.23 bits per heavy atom. The van der Waals surface area contributed by atoms with Crippen molar-refractivity contribution in [2.24, 2.45) is 0 Å². The van der Waals surface area contributed by atoms with Crippen molar-refractivity contribution < 1.29 is 22.9 Å². The van der Waals surface area contributed by atoms with Crippen LogP contribution in [0.3, 0.4) is 0 Å². The van der Waals surface area contributed by atoms with Gasteiger partial charge in [-0.25, -0.2) is 13.2 Å². The minimum absolute atomic E-state index is 0.0304. The van der Waals surface area contributed by atoms with E-state index >= 15 is 0 Å². The maximum Gasteiger partial charge on any atom is 0.317 e. The van der Waals surface area contributed by atoms with Crippen LogP contribution in [0.15, 0.2) is 53.6 Å². The number of H-pyrrole nitrogens is 1. The number of sulfonamides is 1. The fourth-order valence-corrected chi connectivity index (χ4v) is 6.08. The molecule has 3 amide bonds. The molecule has 1 aliphatic heterocycles. The number of rotatable bonds is 8. The molecule has 0 aliphatic carbocycles. The Labute approximate surface area is 230 Å². The number of aromatic nitrogens is 1. The molecule has 208 valence electrons. The van der Waals surface area contributed by atoms with E-state index in [0.717, 1.165) is 34.7 Å². The third kappa shape index (κ3) is 6.15. The molecular weight excluding hydrogens is 548 g/mol. The number of para-hydroxylation sites is 1. The Morgan fingerprint density at radius 3 is 2.67 bits per heavy atom. The van der Waals surface area contributed by atoms with Gasteiger partial charge in [0.2, 0.25) is 15.9 Å². The molecule has 2 heterocycles. The van der Waals surface area contributed by atoms with Gasteiger partial charge >= 0.3 is 6.03 Å². The largest absolute Gasteiger partial charge is 0.361 e. The van der Waals surface area contributed by atoms with Gasteiger partial charge in [0.1, 0.15) is 11.1 Å². The number of nitro groups is 1. The highest BCUT2D eigenvalue weighted by Gasteiger charge is 2.35. The third-order valence-corrected chi connectivity index (χ3v) is 8.44. The maximum absolute atomic E-state index is 13.8. The van der Waals surface area contributed by atoms with Crippen LogP contribution in [0, 0.1) is 10.1 Å². The number of carbonyl (C=O) groups excluding carboxylic acids is 2. The average Bonchev–Trinajstić information content (AvgIpc) is 3.30. The smallest absolute Gasteiger partial charge is 0.317 e. The second-order valence-electron chi connectivity index (χ2n) is 9.27. The summed E-state index contributed by atoms with van der Waals surface area (Å²) < 4.78 is 29.2. The Bertz CT molecular complexity index is 1510. The van der Waals surface area contributed by atoms with Crippen LogP contribution < -0.4 is 10.0 Å². The first-order valence-electron chi connectivity index (χ1n) is 12.4. The maximum atomic E-state index is 13.8. The highest BCUT2D eigenvalue weighted by Crippen LogP contribution is 2.28. The predicted octanol–water partition coefficient (Wildman–Crippen LogP) is 2.88. The van der Waals surface area contributed by atoms with E-state index in [2.05, 4.69) is 15.0 Å². The van der Waals surface area contributed by atoms with Crippen LogP contribution in [0.25, 0.3) is 10.9 Å². The summed E-state index contributed by atoms with van der Waals surface area (Å²) in [4.78, 5) is 42.6. The number of nitrogens with one attached hydrogen (secondary N) is 3. The summed E-state index contributed by atoms with van der Waals surface area (Å²) in [6, 6.07) is 8.85. The van der Waals surface area contributed by atoms with Crippen molar-refractivity contribution in [3.05, 3.63) is 69.4 Å².